The molecule has 11 heteroatoms. The number of carbonyl (C=O) groups is 1. The molecule has 9 nitrogen and oxygen atoms in total. The van der Waals surface area contributed by atoms with E-state index in [1.807, 2.05) is 18.2 Å². The average molecular weight is 469 g/mol. The molecule has 0 aliphatic rings. The molecule has 0 atom stereocenters. The minimum atomic E-state index is -3.77. The van der Waals surface area contributed by atoms with E-state index in [1.54, 1.807) is 30.3 Å². The maximum atomic E-state index is 11.4. The Labute approximate surface area is 188 Å². The summed E-state index contributed by atoms with van der Waals surface area (Å²) in [5.74, 6) is 0.145. The SMILES string of the molecule is NC(=O)c1ccc2cc(Nc3nc(Nc4ccc(S(N)(=O)=O)cc4)ncc3Cl)ccc2c1. The molecule has 0 saturated heterocycles. The Kier molecular flexibility index (Phi) is 5.66. The second kappa shape index (κ2) is 8.42. The first-order valence-corrected chi connectivity index (χ1v) is 11.1. The van der Waals surface area contributed by atoms with Crippen LogP contribution in [0.3, 0.4) is 0 Å². The van der Waals surface area contributed by atoms with Gasteiger partial charge in [0.1, 0.15) is 5.02 Å². The van der Waals surface area contributed by atoms with Crippen molar-refractivity contribution in [2.75, 3.05) is 10.6 Å². The summed E-state index contributed by atoms with van der Waals surface area (Å²) in [4.78, 5) is 19.9. The molecule has 32 heavy (non-hydrogen) atoms. The lowest BCUT2D eigenvalue weighted by Crippen LogP contribution is -2.11. The topological polar surface area (TPSA) is 153 Å². The Bertz CT molecular complexity index is 1440. The highest BCUT2D eigenvalue weighted by atomic mass is 35.5. The van der Waals surface area contributed by atoms with Crippen molar-refractivity contribution in [1.82, 2.24) is 9.97 Å². The summed E-state index contributed by atoms with van der Waals surface area (Å²) in [5, 5.41) is 13.3. The lowest BCUT2D eigenvalue weighted by molar-refractivity contribution is 0.100. The summed E-state index contributed by atoms with van der Waals surface area (Å²) in [6.45, 7) is 0. The van der Waals surface area contributed by atoms with Crippen LogP contribution in [0.5, 0.6) is 0 Å². The fourth-order valence-electron chi connectivity index (χ4n) is 2.99. The first kappa shape index (κ1) is 21.5. The second-order valence-electron chi connectivity index (χ2n) is 6.85. The van der Waals surface area contributed by atoms with Gasteiger partial charge in [-0.3, -0.25) is 4.79 Å². The van der Waals surface area contributed by atoms with Crippen LogP contribution >= 0.6 is 11.6 Å². The van der Waals surface area contributed by atoms with Crippen LogP contribution in [0.1, 0.15) is 10.4 Å². The summed E-state index contributed by atoms with van der Waals surface area (Å²) in [6.07, 6.45) is 1.44. The molecule has 0 fully saturated rings. The molecule has 0 bridgehead atoms. The molecule has 0 radical (unpaired) electrons. The van der Waals surface area contributed by atoms with Crippen LogP contribution in [0.15, 0.2) is 71.8 Å². The summed E-state index contributed by atoms with van der Waals surface area (Å²) in [5.41, 5.74) is 7.07. The van der Waals surface area contributed by atoms with E-state index in [0.29, 0.717) is 22.1 Å². The smallest absolute Gasteiger partial charge is 0.248 e. The first-order valence-electron chi connectivity index (χ1n) is 9.22. The third kappa shape index (κ3) is 4.78. The molecule has 0 saturated carbocycles. The number of fused-ring (bicyclic) bond motifs is 1. The molecule has 1 heterocycles. The first-order chi connectivity index (χ1) is 15.2. The van der Waals surface area contributed by atoms with Crippen LogP contribution in [0.25, 0.3) is 10.8 Å². The molecule has 1 aromatic heterocycles. The molecule has 0 spiro atoms. The highest BCUT2D eigenvalue weighted by Crippen LogP contribution is 2.27. The largest absolute Gasteiger partial charge is 0.366 e. The number of nitrogens with zero attached hydrogens (tertiary/aromatic N) is 2. The molecule has 3 aromatic carbocycles. The van der Waals surface area contributed by atoms with Gasteiger partial charge < -0.3 is 16.4 Å². The van der Waals surface area contributed by atoms with Crippen molar-refractivity contribution in [3.63, 3.8) is 0 Å². The van der Waals surface area contributed by atoms with Gasteiger partial charge in [-0.25, -0.2) is 18.5 Å². The van der Waals surface area contributed by atoms with Crippen LogP contribution in [0.4, 0.5) is 23.1 Å². The van der Waals surface area contributed by atoms with Gasteiger partial charge in [-0.2, -0.15) is 4.98 Å². The van der Waals surface area contributed by atoms with E-state index in [1.165, 1.54) is 18.3 Å². The van der Waals surface area contributed by atoms with E-state index in [2.05, 4.69) is 20.6 Å². The van der Waals surface area contributed by atoms with Gasteiger partial charge in [-0.15, -0.1) is 0 Å². The van der Waals surface area contributed by atoms with Crippen LogP contribution in [-0.2, 0) is 10.0 Å². The highest BCUT2D eigenvalue weighted by molar-refractivity contribution is 7.89. The van der Waals surface area contributed by atoms with Crippen LogP contribution in [-0.4, -0.2) is 24.3 Å². The number of hydrogen-bond donors (Lipinski definition) is 4. The predicted molar refractivity (Wildman–Crippen MR) is 124 cm³/mol. The molecule has 0 unspecified atom stereocenters. The van der Waals surface area contributed by atoms with Crippen molar-refractivity contribution in [2.45, 2.75) is 4.90 Å². The van der Waals surface area contributed by atoms with Crippen molar-refractivity contribution >= 4 is 61.4 Å². The Balaban J connectivity index is 1.56. The zero-order valence-electron chi connectivity index (χ0n) is 16.4. The number of anilines is 4. The molecular weight excluding hydrogens is 452 g/mol. The number of amides is 1. The van der Waals surface area contributed by atoms with Crippen molar-refractivity contribution in [1.29, 1.82) is 0 Å². The van der Waals surface area contributed by atoms with Crippen molar-refractivity contribution in [2.24, 2.45) is 10.9 Å². The number of carbonyl (C=O) groups excluding carboxylic acids is 1. The summed E-state index contributed by atoms with van der Waals surface area (Å²) in [6, 6.07) is 16.6. The van der Waals surface area contributed by atoms with Gasteiger partial charge >= 0.3 is 0 Å². The maximum absolute atomic E-state index is 11.4. The molecule has 6 N–H and O–H groups in total. The predicted octanol–water partition coefficient (Wildman–Crippen LogP) is 3.52. The van der Waals surface area contributed by atoms with E-state index in [4.69, 9.17) is 22.5 Å². The Morgan fingerprint density at radius 2 is 1.56 bits per heavy atom. The number of nitrogens with two attached hydrogens (primary N) is 2. The number of hydrogen-bond acceptors (Lipinski definition) is 7. The highest BCUT2D eigenvalue weighted by Gasteiger charge is 2.10. The molecule has 1 amide bonds. The van der Waals surface area contributed by atoms with Gasteiger partial charge in [0, 0.05) is 16.9 Å². The zero-order valence-corrected chi connectivity index (χ0v) is 18.0. The molecule has 0 aliphatic carbocycles. The lowest BCUT2D eigenvalue weighted by Gasteiger charge is -2.11. The second-order valence-corrected chi connectivity index (χ2v) is 8.82. The number of halogens is 1. The standard InChI is InChI=1S/C21H17ClN6O3S/c22-18-11-25-21(27-15-5-7-17(8-6-15)32(24,30)31)28-20(18)26-16-4-3-12-9-14(19(23)29)2-1-13(12)10-16/h1-11H,(H2,23,29)(H2,24,30,31)(H2,25,26,27,28). The zero-order chi connectivity index (χ0) is 22.9. The van der Waals surface area contributed by atoms with Gasteiger partial charge in [-0.05, 0) is 59.3 Å². The molecule has 0 aliphatic heterocycles. The monoisotopic (exact) mass is 468 g/mol. The maximum Gasteiger partial charge on any atom is 0.248 e. The van der Waals surface area contributed by atoms with Gasteiger partial charge in [0.15, 0.2) is 5.82 Å². The lowest BCUT2D eigenvalue weighted by atomic mass is 10.1. The van der Waals surface area contributed by atoms with Crippen LogP contribution < -0.4 is 21.5 Å². The minimum absolute atomic E-state index is 0.00156. The van der Waals surface area contributed by atoms with Crippen molar-refractivity contribution in [3.8, 4) is 0 Å². The fourth-order valence-corrected chi connectivity index (χ4v) is 3.64. The average Bonchev–Trinajstić information content (AvgIpc) is 2.75. The van der Waals surface area contributed by atoms with E-state index in [9.17, 15) is 13.2 Å². The van der Waals surface area contributed by atoms with E-state index >= 15 is 0 Å². The van der Waals surface area contributed by atoms with Gasteiger partial charge in [0.25, 0.3) is 0 Å². The summed E-state index contributed by atoms with van der Waals surface area (Å²) >= 11 is 6.25. The third-order valence-corrected chi connectivity index (χ3v) is 5.78. The minimum Gasteiger partial charge on any atom is -0.366 e. The quantitative estimate of drug-likeness (QED) is 0.337. The van der Waals surface area contributed by atoms with Crippen LogP contribution in [0.2, 0.25) is 5.02 Å². The number of primary amides is 1. The number of benzene rings is 3. The van der Waals surface area contributed by atoms with E-state index in [-0.39, 0.29) is 10.8 Å². The molecule has 4 rings (SSSR count). The molecule has 162 valence electrons. The Morgan fingerprint density at radius 1 is 0.906 bits per heavy atom. The molecule has 4 aromatic rings. The fraction of sp³-hybridized carbons (Fsp3) is 0. The Hall–Kier alpha value is -3.73. The van der Waals surface area contributed by atoms with Gasteiger partial charge in [0.2, 0.25) is 21.9 Å². The number of aromatic nitrogens is 2. The third-order valence-electron chi connectivity index (χ3n) is 4.57. The number of rotatable bonds is 6. The molecular formula is C21H17ClN6O3S. The van der Waals surface area contributed by atoms with Crippen molar-refractivity contribution in [3.05, 3.63) is 77.4 Å². The van der Waals surface area contributed by atoms with Crippen LogP contribution in [0, 0.1) is 0 Å². The normalized spacial score (nSPS) is 11.3. The van der Waals surface area contributed by atoms with Gasteiger partial charge in [-0.1, -0.05) is 23.7 Å². The number of nitrogens with one attached hydrogen (secondary N) is 2. The Morgan fingerprint density at radius 3 is 2.25 bits per heavy atom. The summed E-state index contributed by atoms with van der Waals surface area (Å²) in [7, 11) is -3.77. The summed E-state index contributed by atoms with van der Waals surface area (Å²) < 4.78 is 22.8. The van der Waals surface area contributed by atoms with Crippen molar-refractivity contribution < 1.29 is 13.2 Å². The van der Waals surface area contributed by atoms with E-state index < -0.39 is 15.9 Å². The van der Waals surface area contributed by atoms with E-state index in [0.717, 1.165) is 16.5 Å². The van der Waals surface area contributed by atoms with Gasteiger partial charge in [0.05, 0.1) is 11.1 Å². The number of sulfonamides is 1. The number of primary sulfonamides is 1.